The first-order valence-corrected chi connectivity index (χ1v) is 0. The van der Waals surface area contributed by atoms with Crippen molar-refractivity contribution in [2.45, 2.75) is 0 Å². The van der Waals surface area contributed by atoms with Gasteiger partial charge in [-0.05, 0) is 0 Å². The fourth-order valence-corrected chi connectivity index (χ4v) is 0. The zero-order valence-corrected chi connectivity index (χ0v) is 5.84. The van der Waals surface area contributed by atoms with Gasteiger partial charge in [0.25, 0.3) is 0 Å². The molecule has 0 rings (SSSR count). The largest absolute Gasteiger partial charge is 3.00 e. The van der Waals surface area contributed by atoms with Crippen LogP contribution in [0.2, 0.25) is 0 Å². The Balaban J connectivity index is 0. The van der Waals surface area contributed by atoms with Crippen molar-refractivity contribution in [2.75, 3.05) is 0 Å². The van der Waals surface area contributed by atoms with Crippen LogP contribution in [0.15, 0.2) is 0 Å². The van der Waals surface area contributed by atoms with Crippen LogP contribution in [0.3, 0.4) is 0 Å². The van der Waals surface area contributed by atoms with E-state index in [0.717, 1.165) is 0 Å². The Hall–Kier alpha value is 2.06. The minimum atomic E-state index is 0. The Labute approximate surface area is 67.5 Å². The Morgan fingerprint density at radius 1 is 1.00 bits per heavy atom. The molecule has 0 spiro atoms. The Morgan fingerprint density at radius 2 is 1.00 bits per heavy atom. The summed E-state index contributed by atoms with van der Waals surface area (Å²) in [6.07, 6.45) is 0. The molecule has 4 heteroatoms. The molecule has 0 saturated heterocycles. The molecular formula is AlCuMnNi+8. The molecule has 0 aromatic carbocycles. The maximum Gasteiger partial charge on any atom is 3.00 e. The van der Waals surface area contributed by atoms with Crippen LogP contribution in [0.1, 0.15) is 0 Å². The third kappa shape index (κ3) is 8.96. The molecular weight excluding hydrogens is 204 g/mol. The number of rotatable bonds is 0. The molecule has 0 aliphatic rings. The van der Waals surface area contributed by atoms with Crippen molar-refractivity contribution < 1.29 is 50.6 Å². The summed E-state index contributed by atoms with van der Waals surface area (Å²) in [5.41, 5.74) is 0. The molecule has 4 heavy (non-hydrogen) atoms. The van der Waals surface area contributed by atoms with E-state index in [2.05, 4.69) is 0 Å². The normalized spacial score (nSPS) is 0. The minimum absolute atomic E-state index is 0. The van der Waals surface area contributed by atoms with Crippen molar-refractivity contribution in [2.24, 2.45) is 0 Å². The molecule has 23 valence electrons. The van der Waals surface area contributed by atoms with Crippen LogP contribution >= 0.6 is 0 Å². The fraction of sp³-hybridized carbons (Fsp3) is 0. The molecule has 0 unspecified atom stereocenters. The maximum atomic E-state index is 0. The van der Waals surface area contributed by atoms with Crippen molar-refractivity contribution in [3.8, 4) is 0 Å². The fourth-order valence-electron chi connectivity index (χ4n) is 0. The summed E-state index contributed by atoms with van der Waals surface area (Å²) in [6, 6.07) is 0. The zero-order chi connectivity index (χ0) is 0. The van der Waals surface area contributed by atoms with Crippen molar-refractivity contribution in [3.63, 3.8) is 0 Å². The van der Waals surface area contributed by atoms with Gasteiger partial charge in [-0.2, -0.15) is 0 Å². The number of hydrogen-bond donors (Lipinski definition) is 0. The summed E-state index contributed by atoms with van der Waals surface area (Å²) in [5.74, 6) is 0. The van der Waals surface area contributed by atoms with Crippen LogP contribution in [-0.4, -0.2) is 17.4 Å². The summed E-state index contributed by atoms with van der Waals surface area (Å²) in [6.45, 7) is 0. The molecule has 1 radical (unpaired) electrons. The minimum Gasteiger partial charge on any atom is 1.00 e. The van der Waals surface area contributed by atoms with E-state index in [1.54, 1.807) is 0 Å². The van der Waals surface area contributed by atoms with Crippen molar-refractivity contribution in [3.05, 3.63) is 0 Å². The topological polar surface area (TPSA) is 0 Å². The van der Waals surface area contributed by atoms with Gasteiger partial charge >= 0.3 is 68.0 Å². The molecule has 0 aromatic rings. The molecule has 0 fully saturated rings. The van der Waals surface area contributed by atoms with Gasteiger partial charge in [0.2, 0.25) is 0 Å². The van der Waals surface area contributed by atoms with Gasteiger partial charge in [0.1, 0.15) is 0 Å². The van der Waals surface area contributed by atoms with Crippen LogP contribution < -0.4 is 0 Å². The molecule has 0 N–H and O–H groups in total. The summed E-state index contributed by atoms with van der Waals surface area (Å²) in [7, 11) is 0. The molecule has 0 bridgehead atoms. The predicted octanol–water partition coefficient (Wildman–Crippen LogP) is -0.388. The number of hydrogen-bond acceptors (Lipinski definition) is 0. The third-order valence-corrected chi connectivity index (χ3v) is 0. The third-order valence-electron chi connectivity index (χ3n) is 0. The zero-order valence-electron chi connectivity index (χ0n) is 1.57. The van der Waals surface area contributed by atoms with Gasteiger partial charge in [-0.15, -0.1) is 0 Å². The summed E-state index contributed by atoms with van der Waals surface area (Å²) < 4.78 is 0. The molecule has 0 saturated carbocycles. The first-order chi connectivity index (χ1) is 0. The van der Waals surface area contributed by atoms with Gasteiger partial charge in [0.15, 0.2) is 0 Å². The molecule has 0 heterocycles. The second kappa shape index (κ2) is 19.6. The summed E-state index contributed by atoms with van der Waals surface area (Å²) in [5, 5.41) is 0. The van der Waals surface area contributed by atoms with E-state index in [1.807, 2.05) is 0 Å². The monoisotopic (exact) mass is 203 g/mol. The Morgan fingerprint density at radius 3 is 1.00 bits per heavy atom. The molecule has 0 aliphatic carbocycles. The SMILES string of the molecule is [Al+3].[Cu+].[Mn+2].[Ni+2]. The quantitative estimate of drug-likeness (QED) is 0.471. The molecule has 0 aromatic heterocycles. The maximum absolute atomic E-state index is 0. The van der Waals surface area contributed by atoms with E-state index in [9.17, 15) is 0 Å². The van der Waals surface area contributed by atoms with Crippen LogP contribution in [0.25, 0.3) is 0 Å². The summed E-state index contributed by atoms with van der Waals surface area (Å²) >= 11 is 0. The van der Waals surface area contributed by atoms with Gasteiger partial charge in [-0.3, -0.25) is 0 Å². The second-order valence-corrected chi connectivity index (χ2v) is 0. The van der Waals surface area contributed by atoms with E-state index < -0.39 is 0 Å². The van der Waals surface area contributed by atoms with Crippen molar-refractivity contribution in [1.29, 1.82) is 0 Å². The van der Waals surface area contributed by atoms with Gasteiger partial charge in [0, 0.05) is 0 Å². The van der Waals surface area contributed by atoms with Gasteiger partial charge in [-0.25, -0.2) is 0 Å². The van der Waals surface area contributed by atoms with E-state index in [4.69, 9.17) is 0 Å². The average molecular weight is 204 g/mol. The van der Waals surface area contributed by atoms with E-state index >= 15 is 0 Å². The smallest absolute Gasteiger partial charge is 1.00 e. The van der Waals surface area contributed by atoms with Gasteiger partial charge in [-0.1, -0.05) is 0 Å². The Bertz CT molecular complexity index is 8.00. The molecule has 0 aliphatic heterocycles. The van der Waals surface area contributed by atoms with Crippen molar-refractivity contribution in [1.82, 2.24) is 0 Å². The van der Waals surface area contributed by atoms with Crippen LogP contribution in [0, 0.1) is 0 Å². The van der Waals surface area contributed by atoms with Gasteiger partial charge in [0.05, 0.1) is 0 Å². The molecule has 0 amide bonds. The predicted molar refractivity (Wildman–Crippen MR) is 5.75 cm³/mol. The first kappa shape index (κ1) is 36.5. The Kier molecular flexibility index (Phi) is 179. The molecule has 0 atom stereocenters. The van der Waals surface area contributed by atoms with Crippen LogP contribution in [-0.2, 0) is 50.6 Å². The van der Waals surface area contributed by atoms with E-state index in [-0.39, 0.29) is 68.0 Å². The average Bonchev–Trinajstić information content (AvgIpc) is 0. The van der Waals surface area contributed by atoms with Crippen LogP contribution in [0.4, 0.5) is 0 Å². The van der Waals surface area contributed by atoms with Crippen molar-refractivity contribution >= 4 is 17.4 Å². The van der Waals surface area contributed by atoms with Gasteiger partial charge < -0.3 is 0 Å². The standard InChI is InChI=1S/Al.Cu.Mn.Ni/q+3;+1;2*+2. The van der Waals surface area contributed by atoms with E-state index in [0.29, 0.717) is 0 Å². The molecule has 0 nitrogen and oxygen atoms in total. The second-order valence-electron chi connectivity index (χ2n) is 0. The van der Waals surface area contributed by atoms with Crippen LogP contribution in [0.5, 0.6) is 0 Å². The first-order valence-electron chi connectivity index (χ1n) is 0. The van der Waals surface area contributed by atoms with E-state index in [1.165, 1.54) is 0 Å². The summed E-state index contributed by atoms with van der Waals surface area (Å²) in [4.78, 5) is 0.